The van der Waals surface area contributed by atoms with Crippen LogP contribution in [0.5, 0.6) is 0 Å². The summed E-state index contributed by atoms with van der Waals surface area (Å²) in [5.74, 6) is -1.13. The molecule has 0 radical (unpaired) electrons. The minimum absolute atomic E-state index is 0.0579. The molecule has 0 spiro atoms. The number of halogens is 1. The normalized spacial score (nSPS) is 19.2. The number of nitrogens with zero attached hydrogens (tertiary/aromatic N) is 1. The van der Waals surface area contributed by atoms with Crippen molar-refractivity contribution in [1.82, 2.24) is 4.31 Å². The number of carboxylic acids is 1. The third kappa shape index (κ3) is 4.67. The predicted octanol–water partition coefficient (Wildman–Crippen LogP) is 5.95. The quantitative estimate of drug-likeness (QED) is 0.446. The number of carbonyl (C=O) groups is 1. The van der Waals surface area contributed by atoms with Crippen molar-refractivity contribution < 1.29 is 18.3 Å². The summed E-state index contributed by atoms with van der Waals surface area (Å²) in [5, 5.41) is 10.0. The molecule has 7 heteroatoms. The van der Waals surface area contributed by atoms with Gasteiger partial charge < -0.3 is 5.11 Å². The molecule has 0 saturated carbocycles. The number of sulfonamides is 1. The highest BCUT2D eigenvalue weighted by Crippen LogP contribution is 2.46. The molecule has 1 N–H and O–H groups in total. The fourth-order valence-corrected chi connectivity index (χ4v) is 6.47. The lowest BCUT2D eigenvalue weighted by atomic mass is 9.89. The molecule has 1 aliphatic heterocycles. The van der Waals surface area contributed by atoms with Crippen molar-refractivity contribution in [1.29, 1.82) is 0 Å². The van der Waals surface area contributed by atoms with E-state index in [1.807, 2.05) is 56.3 Å². The highest BCUT2D eigenvalue weighted by Gasteiger charge is 2.44. The Balaban J connectivity index is 1.98. The van der Waals surface area contributed by atoms with Crippen molar-refractivity contribution in [2.24, 2.45) is 0 Å². The van der Waals surface area contributed by atoms with Gasteiger partial charge in [-0.1, -0.05) is 81.7 Å². The fourth-order valence-electron chi connectivity index (χ4n) is 4.28. The number of rotatable bonds is 5. The zero-order chi connectivity index (χ0) is 23.8. The zero-order valence-electron chi connectivity index (χ0n) is 18.3. The van der Waals surface area contributed by atoms with Crippen LogP contribution in [-0.4, -0.2) is 23.8 Å². The van der Waals surface area contributed by atoms with Gasteiger partial charge in [-0.15, -0.1) is 0 Å². The zero-order valence-corrected chi connectivity index (χ0v) is 20.7. The van der Waals surface area contributed by atoms with Gasteiger partial charge in [-0.05, 0) is 55.7 Å². The Labute approximate surface area is 202 Å². The van der Waals surface area contributed by atoms with Crippen LogP contribution in [-0.2, 0) is 14.8 Å². The number of benzene rings is 3. The van der Waals surface area contributed by atoms with E-state index in [2.05, 4.69) is 15.9 Å². The van der Waals surface area contributed by atoms with E-state index in [-0.39, 0.29) is 16.9 Å². The minimum Gasteiger partial charge on any atom is -0.478 e. The third-order valence-electron chi connectivity index (χ3n) is 5.85. The minimum atomic E-state index is -4.05. The highest BCUT2D eigenvalue weighted by atomic mass is 79.9. The molecule has 5 nitrogen and oxygen atoms in total. The first-order chi connectivity index (χ1) is 15.7. The topological polar surface area (TPSA) is 74.7 Å². The van der Waals surface area contributed by atoms with E-state index >= 15 is 0 Å². The van der Waals surface area contributed by atoms with E-state index in [4.69, 9.17) is 0 Å². The molecular weight excluding hydrogens is 502 g/mol. The van der Waals surface area contributed by atoms with Gasteiger partial charge in [-0.3, -0.25) is 0 Å². The maximum Gasteiger partial charge on any atom is 0.333 e. The summed E-state index contributed by atoms with van der Waals surface area (Å²) in [6.45, 7) is 3.80. The van der Waals surface area contributed by atoms with Crippen LogP contribution in [0.15, 0.2) is 93.8 Å². The van der Waals surface area contributed by atoms with Crippen molar-refractivity contribution in [2.75, 3.05) is 0 Å². The number of aliphatic carboxylic acids is 1. The molecule has 33 heavy (non-hydrogen) atoms. The Hall–Kier alpha value is -2.74. The number of hydrogen-bond acceptors (Lipinski definition) is 3. The summed E-state index contributed by atoms with van der Waals surface area (Å²) in [6.07, 6.45) is 1.91. The van der Waals surface area contributed by atoms with Crippen molar-refractivity contribution in [2.45, 2.75) is 37.2 Å². The first-order valence-electron chi connectivity index (χ1n) is 10.5. The standard InChI is InChI=1S/C26H24BrNO4S/c1-17-9-11-22(12-10-17)33(31,32)28-24(19-6-4-8-21(27)16-19)14-13-23(26(29)30)25(28)20-7-3-5-18(2)15-20/h3-13,15-16,24-25H,14H2,1-2H3,(H,29,30)/t24-,25-/m0/s1. The van der Waals surface area contributed by atoms with Gasteiger partial charge in [0.05, 0.1) is 22.6 Å². The Kier molecular flexibility index (Phi) is 6.56. The van der Waals surface area contributed by atoms with Gasteiger partial charge in [0.1, 0.15) is 0 Å². The second-order valence-electron chi connectivity index (χ2n) is 8.24. The summed E-state index contributed by atoms with van der Waals surface area (Å²) < 4.78 is 30.4. The Bertz CT molecular complexity index is 1330. The van der Waals surface area contributed by atoms with E-state index in [0.717, 1.165) is 21.2 Å². The summed E-state index contributed by atoms with van der Waals surface area (Å²) in [5.41, 5.74) is 3.34. The van der Waals surface area contributed by atoms with E-state index in [1.165, 1.54) is 4.31 Å². The molecule has 0 fully saturated rings. The second-order valence-corrected chi connectivity index (χ2v) is 11.0. The van der Waals surface area contributed by atoms with Crippen LogP contribution in [0.3, 0.4) is 0 Å². The molecule has 0 amide bonds. The van der Waals surface area contributed by atoms with Crippen LogP contribution in [0.2, 0.25) is 0 Å². The largest absolute Gasteiger partial charge is 0.478 e. The smallest absolute Gasteiger partial charge is 0.333 e. The Morgan fingerprint density at radius 1 is 0.939 bits per heavy atom. The summed E-state index contributed by atoms with van der Waals surface area (Å²) in [6, 6.07) is 20.0. The second kappa shape index (κ2) is 9.25. The van der Waals surface area contributed by atoms with Gasteiger partial charge in [-0.25, -0.2) is 13.2 Å². The van der Waals surface area contributed by atoms with Crippen LogP contribution < -0.4 is 0 Å². The van der Waals surface area contributed by atoms with E-state index in [9.17, 15) is 18.3 Å². The molecule has 1 aliphatic rings. The molecule has 170 valence electrons. The highest BCUT2D eigenvalue weighted by molar-refractivity contribution is 9.10. The van der Waals surface area contributed by atoms with Crippen molar-refractivity contribution >= 4 is 31.9 Å². The number of hydrogen-bond donors (Lipinski definition) is 1. The van der Waals surface area contributed by atoms with E-state index in [1.54, 1.807) is 36.4 Å². The lowest BCUT2D eigenvalue weighted by Crippen LogP contribution is -2.42. The maximum absolute atomic E-state index is 14.1. The molecule has 0 saturated heterocycles. The van der Waals surface area contributed by atoms with Crippen molar-refractivity contribution in [3.8, 4) is 0 Å². The lowest BCUT2D eigenvalue weighted by molar-refractivity contribution is -0.133. The van der Waals surface area contributed by atoms with Gasteiger partial charge in [0.2, 0.25) is 10.0 Å². The van der Waals surface area contributed by atoms with Crippen molar-refractivity contribution in [3.63, 3.8) is 0 Å². The number of aryl methyl sites for hydroxylation is 2. The summed E-state index contributed by atoms with van der Waals surface area (Å²) in [4.78, 5) is 12.4. The Morgan fingerprint density at radius 3 is 2.24 bits per heavy atom. The van der Waals surface area contributed by atoms with Gasteiger partial charge in [0.15, 0.2) is 0 Å². The maximum atomic E-state index is 14.1. The summed E-state index contributed by atoms with van der Waals surface area (Å²) >= 11 is 3.48. The first-order valence-corrected chi connectivity index (χ1v) is 12.8. The van der Waals surface area contributed by atoms with E-state index in [0.29, 0.717) is 5.56 Å². The molecule has 3 aromatic carbocycles. The predicted molar refractivity (Wildman–Crippen MR) is 131 cm³/mol. The van der Waals surface area contributed by atoms with Crippen LogP contribution in [0.25, 0.3) is 0 Å². The van der Waals surface area contributed by atoms with E-state index < -0.39 is 28.1 Å². The first kappa shape index (κ1) is 23.4. The summed E-state index contributed by atoms with van der Waals surface area (Å²) in [7, 11) is -4.05. The van der Waals surface area contributed by atoms with Crippen LogP contribution in [0.4, 0.5) is 0 Å². The molecule has 1 heterocycles. The third-order valence-corrected chi connectivity index (χ3v) is 8.23. The molecular formula is C26H24BrNO4S. The van der Waals surface area contributed by atoms with Crippen LogP contribution in [0.1, 0.15) is 40.8 Å². The molecule has 0 bridgehead atoms. The van der Waals surface area contributed by atoms with Crippen LogP contribution in [0, 0.1) is 13.8 Å². The molecule has 4 rings (SSSR count). The molecule has 3 aromatic rings. The van der Waals surface area contributed by atoms with Gasteiger partial charge in [-0.2, -0.15) is 4.31 Å². The average Bonchev–Trinajstić information content (AvgIpc) is 2.78. The van der Waals surface area contributed by atoms with Gasteiger partial charge in [0, 0.05) is 4.47 Å². The molecule has 0 unspecified atom stereocenters. The lowest BCUT2D eigenvalue weighted by Gasteiger charge is -2.40. The van der Waals surface area contributed by atoms with Gasteiger partial charge in [0.25, 0.3) is 0 Å². The molecule has 0 aliphatic carbocycles. The monoisotopic (exact) mass is 525 g/mol. The Morgan fingerprint density at radius 2 is 1.61 bits per heavy atom. The van der Waals surface area contributed by atoms with Crippen molar-refractivity contribution in [3.05, 3.63) is 111 Å². The van der Waals surface area contributed by atoms with Crippen LogP contribution >= 0.6 is 15.9 Å². The number of carboxylic acid groups (broad SMARTS) is 1. The van der Waals surface area contributed by atoms with Gasteiger partial charge >= 0.3 is 5.97 Å². The molecule has 2 atom stereocenters. The fraction of sp³-hybridized carbons (Fsp3) is 0.192. The molecule has 0 aromatic heterocycles. The average molecular weight is 526 g/mol. The SMILES string of the molecule is Cc1ccc(S(=O)(=O)N2[C@@H](c3cccc(C)c3)C(C(=O)O)=CC[C@H]2c2cccc(Br)c2)cc1.